The van der Waals surface area contributed by atoms with Gasteiger partial charge in [0.25, 0.3) is 0 Å². The number of esters is 1. The van der Waals surface area contributed by atoms with E-state index in [1.165, 1.54) is 13.3 Å². The molecule has 2 heterocycles. The summed E-state index contributed by atoms with van der Waals surface area (Å²) >= 11 is 6.01. The summed E-state index contributed by atoms with van der Waals surface area (Å²) < 4.78 is 6.52. The van der Waals surface area contributed by atoms with Crippen LogP contribution in [0.25, 0.3) is 0 Å². The SMILES string of the molecule is COC(=O)c1cnn2c1NC1=C(C(=O)CCC1)[C@@H]2c1ccc(Cl)cc1. The van der Waals surface area contributed by atoms with Crippen LogP contribution in [0.4, 0.5) is 5.82 Å². The summed E-state index contributed by atoms with van der Waals surface area (Å²) in [6, 6.07) is 6.96. The average molecular weight is 358 g/mol. The molecule has 0 spiro atoms. The Kier molecular flexibility index (Phi) is 3.84. The fraction of sp³-hybridized carbons (Fsp3) is 0.278. The molecular formula is C18H16ClN3O3. The second kappa shape index (κ2) is 6.04. The van der Waals surface area contributed by atoms with Gasteiger partial charge in [-0.2, -0.15) is 5.10 Å². The highest BCUT2D eigenvalue weighted by molar-refractivity contribution is 6.30. The number of nitrogens with one attached hydrogen (secondary N) is 1. The molecule has 1 aromatic carbocycles. The van der Waals surface area contributed by atoms with Crippen molar-refractivity contribution >= 4 is 29.2 Å². The molecule has 0 amide bonds. The lowest BCUT2D eigenvalue weighted by atomic mass is 9.85. The Morgan fingerprint density at radius 2 is 2.08 bits per heavy atom. The van der Waals surface area contributed by atoms with Crippen molar-refractivity contribution in [1.82, 2.24) is 9.78 Å². The number of ether oxygens (including phenoxy) is 1. The molecule has 128 valence electrons. The van der Waals surface area contributed by atoms with Crippen LogP contribution in [0.3, 0.4) is 0 Å². The molecule has 0 saturated carbocycles. The summed E-state index contributed by atoms with van der Waals surface area (Å²) in [6.07, 6.45) is 3.54. The average Bonchev–Trinajstić information content (AvgIpc) is 3.04. The molecule has 6 nitrogen and oxygen atoms in total. The summed E-state index contributed by atoms with van der Waals surface area (Å²) in [4.78, 5) is 24.7. The minimum atomic E-state index is -0.463. The minimum Gasteiger partial charge on any atom is -0.465 e. The van der Waals surface area contributed by atoms with Gasteiger partial charge >= 0.3 is 5.97 Å². The van der Waals surface area contributed by atoms with E-state index in [9.17, 15) is 9.59 Å². The van der Waals surface area contributed by atoms with Crippen LogP contribution in [0, 0.1) is 0 Å². The zero-order chi connectivity index (χ0) is 17.6. The van der Waals surface area contributed by atoms with Crippen molar-refractivity contribution in [1.29, 1.82) is 0 Å². The van der Waals surface area contributed by atoms with Gasteiger partial charge in [-0.15, -0.1) is 0 Å². The minimum absolute atomic E-state index is 0.106. The molecule has 4 rings (SSSR count). The van der Waals surface area contributed by atoms with Crippen LogP contribution in [0.2, 0.25) is 5.02 Å². The smallest absolute Gasteiger partial charge is 0.343 e. The molecular weight excluding hydrogens is 342 g/mol. The van der Waals surface area contributed by atoms with Crippen LogP contribution in [0.5, 0.6) is 0 Å². The molecule has 0 saturated heterocycles. The van der Waals surface area contributed by atoms with Gasteiger partial charge in [0.15, 0.2) is 5.78 Å². The van der Waals surface area contributed by atoms with E-state index >= 15 is 0 Å². The molecule has 0 bridgehead atoms. The van der Waals surface area contributed by atoms with Crippen LogP contribution < -0.4 is 5.32 Å². The number of methoxy groups -OCH3 is 1. The number of aromatic nitrogens is 2. The molecule has 1 aliphatic heterocycles. The van der Waals surface area contributed by atoms with Crippen molar-refractivity contribution in [3.63, 3.8) is 0 Å². The number of halogens is 1. The number of benzene rings is 1. The summed E-state index contributed by atoms with van der Waals surface area (Å²) in [5.41, 5.74) is 2.82. The Bertz CT molecular complexity index is 899. The standard InChI is InChI=1S/C18H16ClN3O3/c1-25-18(24)12-9-20-22-16(10-5-7-11(19)8-6-10)15-13(21-17(12)22)3-2-4-14(15)23/h5-9,16,21H,2-4H2,1H3/t16-/m0/s1. The van der Waals surface area contributed by atoms with Crippen LogP contribution in [-0.2, 0) is 9.53 Å². The van der Waals surface area contributed by atoms with Gasteiger partial charge in [0.1, 0.15) is 17.4 Å². The van der Waals surface area contributed by atoms with Crippen LogP contribution in [0.1, 0.15) is 41.2 Å². The number of fused-ring (bicyclic) bond motifs is 1. The van der Waals surface area contributed by atoms with E-state index in [1.807, 2.05) is 12.1 Å². The molecule has 0 fully saturated rings. The number of hydrogen-bond acceptors (Lipinski definition) is 5. The molecule has 1 aliphatic carbocycles. The van der Waals surface area contributed by atoms with Crippen LogP contribution in [0.15, 0.2) is 41.7 Å². The van der Waals surface area contributed by atoms with Crippen LogP contribution in [-0.4, -0.2) is 28.6 Å². The molecule has 2 aliphatic rings. The molecule has 0 radical (unpaired) electrons. The number of anilines is 1. The highest BCUT2D eigenvalue weighted by atomic mass is 35.5. The number of allylic oxidation sites excluding steroid dienone is 2. The zero-order valence-corrected chi connectivity index (χ0v) is 14.3. The van der Waals surface area contributed by atoms with Gasteiger partial charge in [0.2, 0.25) is 0 Å². The van der Waals surface area contributed by atoms with Crippen molar-refractivity contribution in [3.05, 3.63) is 57.9 Å². The maximum absolute atomic E-state index is 12.6. The maximum atomic E-state index is 12.6. The van der Waals surface area contributed by atoms with E-state index < -0.39 is 5.97 Å². The first-order chi connectivity index (χ1) is 12.1. The first kappa shape index (κ1) is 15.9. The number of nitrogens with zero attached hydrogens (tertiary/aromatic N) is 2. The van der Waals surface area contributed by atoms with E-state index in [0.29, 0.717) is 28.4 Å². The van der Waals surface area contributed by atoms with Crippen molar-refractivity contribution in [2.75, 3.05) is 12.4 Å². The number of ketones is 1. The number of Topliss-reactive ketones (excluding diaryl/α,β-unsaturated/α-hetero) is 1. The largest absolute Gasteiger partial charge is 0.465 e. The first-order valence-electron chi connectivity index (χ1n) is 8.04. The summed E-state index contributed by atoms with van der Waals surface area (Å²) in [7, 11) is 1.33. The Morgan fingerprint density at radius 3 is 2.80 bits per heavy atom. The second-order valence-electron chi connectivity index (χ2n) is 6.09. The molecule has 7 heteroatoms. The van der Waals surface area contributed by atoms with E-state index in [2.05, 4.69) is 10.4 Å². The third-order valence-electron chi connectivity index (χ3n) is 4.63. The zero-order valence-electron chi connectivity index (χ0n) is 13.6. The number of carbonyl (C=O) groups excluding carboxylic acids is 2. The summed E-state index contributed by atoms with van der Waals surface area (Å²) in [5.74, 6) is 0.199. The van der Waals surface area contributed by atoms with Gasteiger partial charge in [-0.3, -0.25) is 4.79 Å². The monoisotopic (exact) mass is 357 g/mol. The first-order valence-corrected chi connectivity index (χ1v) is 8.42. The number of hydrogen-bond donors (Lipinski definition) is 1. The normalized spacial score (nSPS) is 19.1. The Morgan fingerprint density at radius 1 is 1.32 bits per heavy atom. The highest BCUT2D eigenvalue weighted by Gasteiger charge is 2.37. The van der Waals surface area contributed by atoms with Gasteiger partial charge in [-0.1, -0.05) is 23.7 Å². The second-order valence-corrected chi connectivity index (χ2v) is 6.53. The van der Waals surface area contributed by atoms with E-state index in [0.717, 1.165) is 24.1 Å². The molecule has 2 aromatic rings. The Balaban J connectivity index is 1.91. The quantitative estimate of drug-likeness (QED) is 0.834. The number of carbonyl (C=O) groups is 2. The summed E-state index contributed by atoms with van der Waals surface area (Å²) in [6.45, 7) is 0. The van der Waals surface area contributed by atoms with Gasteiger partial charge in [0.05, 0.1) is 13.3 Å². The third kappa shape index (κ3) is 2.53. The lowest BCUT2D eigenvalue weighted by molar-refractivity contribution is -0.116. The van der Waals surface area contributed by atoms with Crippen molar-refractivity contribution in [3.8, 4) is 0 Å². The van der Waals surface area contributed by atoms with Crippen molar-refractivity contribution in [2.45, 2.75) is 25.3 Å². The highest BCUT2D eigenvalue weighted by Crippen LogP contribution is 2.41. The van der Waals surface area contributed by atoms with Gasteiger partial charge in [-0.05, 0) is 30.5 Å². The predicted molar refractivity (Wildman–Crippen MR) is 92.7 cm³/mol. The molecule has 25 heavy (non-hydrogen) atoms. The molecule has 1 atom stereocenters. The van der Waals surface area contributed by atoms with E-state index in [1.54, 1.807) is 16.8 Å². The molecule has 0 unspecified atom stereocenters. The van der Waals surface area contributed by atoms with E-state index in [-0.39, 0.29) is 11.8 Å². The lowest BCUT2D eigenvalue weighted by Gasteiger charge is -2.33. The van der Waals surface area contributed by atoms with Crippen molar-refractivity contribution in [2.24, 2.45) is 0 Å². The maximum Gasteiger partial charge on any atom is 0.343 e. The lowest BCUT2D eigenvalue weighted by Crippen LogP contribution is -2.31. The van der Waals surface area contributed by atoms with Crippen molar-refractivity contribution < 1.29 is 14.3 Å². The summed E-state index contributed by atoms with van der Waals surface area (Å²) in [5, 5.41) is 8.23. The van der Waals surface area contributed by atoms with E-state index in [4.69, 9.17) is 16.3 Å². The predicted octanol–water partition coefficient (Wildman–Crippen LogP) is 3.35. The Hall–Kier alpha value is -2.60. The van der Waals surface area contributed by atoms with Crippen LogP contribution >= 0.6 is 11.6 Å². The van der Waals surface area contributed by atoms with Gasteiger partial charge in [-0.25, -0.2) is 9.48 Å². The fourth-order valence-corrected chi connectivity index (χ4v) is 3.60. The molecule has 1 N–H and O–H groups in total. The third-order valence-corrected chi connectivity index (χ3v) is 4.88. The topological polar surface area (TPSA) is 73.2 Å². The molecule has 1 aromatic heterocycles. The number of rotatable bonds is 2. The fourth-order valence-electron chi connectivity index (χ4n) is 3.47. The Labute approximate surface area is 149 Å². The van der Waals surface area contributed by atoms with Gasteiger partial charge in [0, 0.05) is 22.7 Å². The van der Waals surface area contributed by atoms with Gasteiger partial charge < -0.3 is 10.1 Å².